The van der Waals surface area contributed by atoms with Gasteiger partial charge in [-0.25, -0.2) is 29.3 Å². The van der Waals surface area contributed by atoms with Gasteiger partial charge in [0.25, 0.3) is 0 Å². The molecule has 222 valence electrons. The predicted octanol–water partition coefficient (Wildman–Crippen LogP) is 4.27. The molecule has 1 saturated heterocycles. The molecule has 1 fully saturated rings. The number of nitrogens with two attached hydrogens (primary N) is 1. The first kappa shape index (κ1) is 28.8. The average molecular weight is 614 g/mol. The lowest BCUT2D eigenvalue weighted by Crippen LogP contribution is -2.41. The summed E-state index contributed by atoms with van der Waals surface area (Å²) >= 11 is 6.56. The highest BCUT2D eigenvalue weighted by molar-refractivity contribution is 6.29. The van der Waals surface area contributed by atoms with Crippen molar-refractivity contribution in [3.05, 3.63) is 119 Å². The van der Waals surface area contributed by atoms with Crippen LogP contribution < -0.4 is 5.73 Å². The Kier molecular flexibility index (Phi) is 8.17. The van der Waals surface area contributed by atoms with E-state index in [1.807, 2.05) is 0 Å². The van der Waals surface area contributed by atoms with E-state index in [1.54, 1.807) is 91.0 Å². The Labute approximate surface area is 255 Å². The highest BCUT2D eigenvalue weighted by atomic mass is 35.5. The Morgan fingerprint density at radius 1 is 0.773 bits per heavy atom. The highest BCUT2D eigenvalue weighted by Gasteiger charge is 2.52. The molecule has 0 radical (unpaired) electrons. The molecule has 44 heavy (non-hydrogen) atoms. The molecular weight excluding hydrogens is 590 g/mol. The molecule has 3 heterocycles. The molecule has 0 unspecified atom stereocenters. The van der Waals surface area contributed by atoms with Gasteiger partial charge in [-0.2, -0.15) is 0 Å². The zero-order valence-corrected chi connectivity index (χ0v) is 23.6. The van der Waals surface area contributed by atoms with E-state index in [0.29, 0.717) is 5.56 Å². The van der Waals surface area contributed by atoms with Crippen molar-refractivity contribution in [3.63, 3.8) is 0 Å². The fourth-order valence-electron chi connectivity index (χ4n) is 4.79. The van der Waals surface area contributed by atoms with Gasteiger partial charge in [0.1, 0.15) is 19.0 Å². The molecule has 2 aromatic heterocycles. The van der Waals surface area contributed by atoms with Crippen molar-refractivity contribution in [2.45, 2.75) is 24.5 Å². The number of rotatable bonds is 8. The van der Waals surface area contributed by atoms with Crippen LogP contribution in [0.4, 0.5) is 5.82 Å². The van der Waals surface area contributed by atoms with E-state index in [9.17, 15) is 14.4 Å². The Hall–Kier alpha value is -5.33. The fourth-order valence-corrected chi connectivity index (χ4v) is 5.05. The largest absolute Gasteiger partial charge is 0.459 e. The summed E-state index contributed by atoms with van der Waals surface area (Å²) in [5, 5.41) is -0.104. The summed E-state index contributed by atoms with van der Waals surface area (Å²) in [6, 6.07) is 24.9. The monoisotopic (exact) mass is 613 g/mol. The van der Waals surface area contributed by atoms with Crippen molar-refractivity contribution in [1.29, 1.82) is 0 Å². The van der Waals surface area contributed by atoms with Gasteiger partial charge in [0.15, 0.2) is 35.4 Å². The van der Waals surface area contributed by atoms with Gasteiger partial charge in [-0.15, -0.1) is 0 Å². The number of halogens is 1. The van der Waals surface area contributed by atoms with Crippen molar-refractivity contribution in [2.75, 3.05) is 12.3 Å². The molecule has 2 N–H and O–H groups in total. The quantitative estimate of drug-likeness (QED) is 0.151. The van der Waals surface area contributed by atoms with E-state index in [0.717, 1.165) is 0 Å². The fraction of sp³-hybridized carbons (Fsp3) is 0.161. The highest BCUT2D eigenvalue weighted by Crippen LogP contribution is 2.39. The molecule has 0 saturated carbocycles. The number of carbonyl (C=O) groups is 3. The van der Waals surface area contributed by atoms with Gasteiger partial charge < -0.3 is 24.7 Å². The zero-order valence-electron chi connectivity index (χ0n) is 22.9. The van der Waals surface area contributed by atoms with Crippen LogP contribution in [0.25, 0.3) is 11.2 Å². The summed E-state index contributed by atoms with van der Waals surface area (Å²) in [7, 11) is 0. The van der Waals surface area contributed by atoms with Gasteiger partial charge in [-0.05, 0) is 48.0 Å². The van der Waals surface area contributed by atoms with Crippen LogP contribution >= 0.6 is 11.6 Å². The molecule has 0 amide bonds. The Morgan fingerprint density at radius 2 is 1.30 bits per heavy atom. The third-order valence-corrected chi connectivity index (χ3v) is 7.16. The predicted molar refractivity (Wildman–Crippen MR) is 157 cm³/mol. The topological polar surface area (TPSA) is 158 Å². The van der Waals surface area contributed by atoms with Crippen molar-refractivity contribution in [1.82, 2.24) is 19.5 Å². The van der Waals surface area contributed by atoms with Gasteiger partial charge in [0.2, 0.25) is 5.28 Å². The van der Waals surface area contributed by atoms with Crippen LogP contribution in [0.1, 0.15) is 37.3 Å². The molecule has 6 rings (SSSR count). The average Bonchev–Trinajstić information content (AvgIpc) is 3.57. The lowest BCUT2D eigenvalue weighted by molar-refractivity contribution is -0.0605. The van der Waals surface area contributed by atoms with Gasteiger partial charge >= 0.3 is 17.9 Å². The van der Waals surface area contributed by atoms with Crippen LogP contribution in [-0.2, 0) is 18.9 Å². The van der Waals surface area contributed by atoms with Gasteiger partial charge in [0.05, 0.1) is 16.7 Å². The summed E-state index contributed by atoms with van der Waals surface area (Å²) in [6.07, 6.45) is -3.69. The standard InChI is InChI=1S/C31H24ClN5O7/c32-31-36-22-25(33)34-17-35-26(22)37(31)27-24(44-30(40)20-14-8-3-9-15-20)23(43-29(39)19-12-6-2-7-13-19)21(42-27)16-41-28(38)18-10-4-1-5-11-18/h1-15,17,21,23-24,27H,16H2,(H2,33,34,35)/t21-,23-,24-,27-/m1/s1. The van der Waals surface area contributed by atoms with Crippen LogP contribution in [0.2, 0.25) is 5.28 Å². The Morgan fingerprint density at radius 3 is 1.86 bits per heavy atom. The summed E-state index contributed by atoms with van der Waals surface area (Å²) in [4.78, 5) is 52.0. The summed E-state index contributed by atoms with van der Waals surface area (Å²) in [5.41, 5.74) is 7.18. The molecule has 0 aliphatic carbocycles. The maximum absolute atomic E-state index is 13.4. The second-order valence-electron chi connectivity index (χ2n) is 9.68. The molecule has 1 aliphatic heterocycles. The van der Waals surface area contributed by atoms with E-state index in [1.165, 1.54) is 10.9 Å². The third-order valence-electron chi connectivity index (χ3n) is 6.90. The molecule has 13 heteroatoms. The number of nitrogens with zero attached hydrogens (tertiary/aromatic N) is 4. The molecule has 5 aromatic rings. The second-order valence-corrected chi connectivity index (χ2v) is 10.0. The number of anilines is 1. The Bertz CT molecular complexity index is 1800. The lowest BCUT2D eigenvalue weighted by atomic mass is 10.1. The number of benzene rings is 3. The van der Waals surface area contributed by atoms with Crippen LogP contribution in [-0.4, -0.2) is 62.3 Å². The first-order valence-electron chi connectivity index (χ1n) is 13.4. The number of ether oxygens (including phenoxy) is 4. The Balaban J connectivity index is 1.40. The smallest absolute Gasteiger partial charge is 0.338 e. The lowest BCUT2D eigenvalue weighted by Gasteiger charge is -2.25. The SMILES string of the molecule is Nc1ncnc2c1nc(Cl)n2[C@@H]1O[C@H](COC(=O)c2ccccc2)[C@@H](OC(=O)c2ccccc2)[C@H]1OC(=O)c1ccccc1. The minimum atomic E-state index is -1.30. The number of fused-ring (bicyclic) bond motifs is 1. The van der Waals surface area contributed by atoms with Crippen LogP contribution in [0.5, 0.6) is 0 Å². The second kappa shape index (κ2) is 12.5. The summed E-state index contributed by atoms with van der Waals surface area (Å²) in [6.45, 7) is -0.363. The molecule has 0 spiro atoms. The van der Waals surface area contributed by atoms with E-state index in [-0.39, 0.29) is 40.0 Å². The molecule has 12 nitrogen and oxygen atoms in total. The van der Waals surface area contributed by atoms with E-state index in [4.69, 9.17) is 36.3 Å². The van der Waals surface area contributed by atoms with Crippen LogP contribution in [0.15, 0.2) is 97.3 Å². The van der Waals surface area contributed by atoms with Crippen LogP contribution in [0, 0.1) is 0 Å². The number of imidazole rings is 1. The van der Waals surface area contributed by atoms with Crippen LogP contribution in [0.3, 0.4) is 0 Å². The maximum atomic E-state index is 13.4. The van der Waals surface area contributed by atoms with Gasteiger partial charge in [-0.3, -0.25) is 4.57 Å². The first-order chi connectivity index (χ1) is 21.4. The molecule has 4 atom stereocenters. The molecular formula is C31H24ClN5O7. The first-order valence-corrected chi connectivity index (χ1v) is 13.8. The van der Waals surface area contributed by atoms with Crippen molar-refractivity contribution >= 4 is 46.5 Å². The van der Waals surface area contributed by atoms with Gasteiger partial charge in [-0.1, -0.05) is 54.6 Å². The van der Waals surface area contributed by atoms with Crippen molar-refractivity contribution < 1.29 is 33.3 Å². The summed E-state index contributed by atoms with van der Waals surface area (Å²) in [5.74, 6) is -2.00. The number of nitrogen functional groups attached to an aromatic ring is 1. The van der Waals surface area contributed by atoms with Crippen molar-refractivity contribution in [3.8, 4) is 0 Å². The molecule has 3 aromatic carbocycles. The van der Waals surface area contributed by atoms with E-state index >= 15 is 0 Å². The van der Waals surface area contributed by atoms with Crippen molar-refractivity contribution in [2.24, 2.45) is 0 Å². The normalized spacial score (nSPS) is 19.4. The number of esters is 3. The number of carbonyl (C=O) groups excluding carboxylic acids is 3. The molecule has 1 aliphatic rings. The minimum absolute atomic E-state index is 0.0619. The third kappa shape index (κ3) is 5.80. The molecule has 0 bridgehead atoms. The number of hydrogen-bond acceptors (Lipinski definition) is 11. The van der Waals surface area contributed by atoms with Gasteiger partial charge in [0, 0.05) is 0 Å². The summed E-state index contributed by atoms with van der Waals surface area (Å²) < 4.78 is 25.2. The maximum Gasteiger partial charge on any atom is 0.338 e. The van der Waals surface area contributed by atoms with E-state index in [2.05, 4.69) is 15.0 Å². The van der Waals surface area contributed by atoms with E-state index < -0.39 is 42.4 Å². The number of hydrogen-bond donors (Lipinski definition) is 1. The number of aromatic nitrogens is 4. The minimum Gasteiger partial charge on any atom is -0.459 e. The zero-order chi connectivity index (χ0) is 30.6.